The number of carboxylic acid groups (broad SMARTS) is 1. The van der Waals surface area contributed by atoms with Crippen molar-refractivity contribution >= 4 is 5.97 Å². The second-order valence-electron chi connectivity index (χ2n) is 8.05. The maximum Gasteiger partial charge on any atom is 0.573 e. The van der Waals surface area contributed by atoms with E-state index in [2.05, 4.69) is 10.1 Å². The van der Waals surface area contributed by atoms with Crippen LogP contribution >= 0.6 is 0 Å². The number of ether oxygens (including phenoxy) is 2. The summed E-state index contributed by atoms with van der Waals surface area (Å²) < 4.78 is 90.5. The van der Waals surface area contributed by atoms with Crippen LogP contribution in [0.5, 0.6) is 11.5 Å². The molecule has 0 fully saturated rings. The van der Waals surface area contributed by atoms with Crippen LogP contribution in [0.4, 0.5) is 26.3 Å². The Bertz CT molecular complexity index is 1170. The van der Waals surface area contributed by atoms with E-state index < -0.39 is 47.1 Å². The SMILES string of the molecule is O=C(O)CNCCCC(Oc1ccc(C(F)(F)c2cccc(OC(F)(F)F)c2)cc1)c1ccc(F)cc1. The summed E-state index contributed by atoms with van der Waals surface area (Å²) in [5.41, 5.74) is -0.517. The van der Waals surface area contributed by atoms with Crippen LogP contribution in [-0.4, -0.2) is 30.5 Å². The summed E-state index contributed by atoms with van der Waals surface area (Å²) in [7, 11) is 0. The second-order valence-corrected chi connectivity index (χ2v) is 8.05. The van der Waals surface area contributed by atoms with Gasteiger partial charge in [-0.25, -0.2) is 4.39 Å². The third-order valence-electron chi connectivity index (χ3n) is 5.26. The lowest BCUT2D eigenvalue weighted by Gasteiger charge is -2.22. The minimum absolute atomic E-state index is 0.205. The van der Waals surface area contributed by atoms with Gasteiger partial charge in [-0.1, -0.05) is 24.3 Å². The number of hydrogen-bond donors (Lipinski definition) is 2. The minimum atomic E-state index is -5.01. The van der Waals surface area contributed by atoms with E-state index >= 15 is 8.78 Å². The van der Waals surface area contributed by atoms with Crippen LogP contribution in [0.1, 0.15) is 35.6 Å². The molecular formula is C26H23F6NO4. The first-order valence-corrected chi connectivity index (χ1v) is 11.1. The molecule has 0 saturated carbocycles. The molecule has 0 saturated heterocycles. The third kappa shape index (κ3) is 8.42. The fourth-order valence-electron chi connectivity index (χ4n) is 3.54. The molecule has 198 valence electrons. The Morgan fingerprint density at radius 3 is 2.19 bits per heavy atom. The molecule has 0 aliphatic carbocycles. The molecular weight excluding hydrogens is 504 g/mol. The maximum atomic E-state index is 15.0. The molecule has 5 nitrogen and oxygen atoms in total. The molecule has 0 bridgehead atoms. The fraction of sp³-hybridized carbons (Fsp3) is 0.269. The van der Waals surface area contributed by atoms with E-state index in [0.29, 0.717) is 31.0 Å². The highest BCUT2D eigenvalue weighted by atomic mass is 19.4. The number of carbonyl (C=O) groups is 1. The van der Waals surface area contributed by atoms with Gasteiger partial charge < -0.3 is 19.9 Å². The Balaban J connectivity index is 1.74. The summed E-state index contributed by atoms with van der Waals surface area (Å²) in [6.45, 7) is 0.179. The van der Waals surface area contributed by atoms with Crippen LogP contribution in [0.25, 0.3) is 0 Å². The fourth-order valence-corrected chi connectivity index (χ4v) is 3.54. The number of halogens is 6. The molecule has 0 aromatic heterocycles. The van der Waals surface area contributed by atoms with E-state index in [9.17, 15) is 22.4 Å². The van der Waals surface area contributed by atoms with Crippen LogP contribution in [-0.2, 0) is 10.7 Å². The number of nitrogens with one attached hydrogen (secondary N) is 1. The van der Waals surface area contributed by atoms with Gasteiger partial charge in [-0.15, -0.1) is 13.2 Å². The Kier molecular flexibility index (Phi) is 9.04. The van der Waals surface area contributed by atoms with Crippen molar-refractivity contribution in [1.29, 1.82) is 0 Å². The van der Waals surface area contributed by atoms with Crippen LogP contribution < -0.4 is 14.8 Å². The molecule has 0 spiro atoms. The molecule has 1 atom stereocenters. The normalized spacial score (nSPS) is 12.7. The molecule has 0 aliphatic heterocycles. The lowest BCUT2D eigenvalue weighted by Crippen LogP contribution is -2.24. The summed E-state index contributed by atoms with van der Waals surface area (Å²) in [6, 6.07) is 14.0. The largest absolute Gasteiger partial charge is 0.573 e. The molecule has 11 heteroatoms. The zero-order valence-electron chi connectivity index (χ0n) is 19.3. The van der Waals surface area contributed by atoms with E-state index in [1.807, 2.05) is 0 Å². The van der Waals surface area contributed by atoms with Crippen molar-refractivity contribution < 1.29 is 45.7 Å². The van der Waals surface area contributed by atoms with Gasteiger partial charge in [0.2, 0.25) is 0 Å². The number of carboxylic acids is 1. The molecule has 0 amide bonds. The Morgan fingerprint density at radius 1 is 0.892 bits per heavy atom. The topological polar surface area (TPSA) is 67.8 Å². The van der Waals surface area contributed by atoms with E-state index in [4.69, 9.17) is 9.84 Å². The predicted molar refractivity (Wildman–Crippen MR) is 122 cm³/mol. The lowest BCUT2D eigenvalue weighted by atomic mass is 10.00. The molecule has 37 heavy (non-hydrogen) atoms. The number of alkyl halides is 5. The maximum absolute atomic E-state index is 15.0. The van der Waals surface area contributed by atoms with Crippen molar-refractivity contribution in [2.45, 2.75) is 31.2 Å². The zero-order chi connectivity index (χ0) is 27.1. The summed E-state index contributed by atoms with van der Waals surface area (Å²) in [4.78, 5) is 10.6. The summed E-state index contributed by atoms with van der Waals surface area (Å²) in [5.74, 6) is -5.58. The van der Waals surface area contributed by atoms with E-state index in [0.717, 1.165) is 30.3 Å². The lowest BCUT2D eigenvalue weighted by molar-refractivity contribution is -0.274. The van der Waals surface area contributed by atoms with Gasteiger partial charge in [-0.3, -0.25) is 4.79 Å². The van der Waals surface area contributed by atoms with Gasteiger partial charge in [0, 0.05) is 11.1 Å². The van der Waals surface area contributed by atoms with Crippen LogP contribution in [0.3, 0.4) is 0 Å². The molecule has 3 aromatic carbocycles. The van der Waals surface area contributed by atoms with Gasteiger partial charge in [0.15, 0.2) is 0 Å². The van der Waals surface area contributed by atoms with Crippen LogP contribution in [0.2, 0.25) is 0 Å². The smallest absolute Gasteiger partial charge is 0.486 e. The van der Waals surface area contributed by atoms with Gasteiger partial charge in [-0.05, 0) is 73.5 Å². The Labute approximate surface area is 208 Å². The van der Waals surface area contributed by atoms with Crippen LogP contribution in [0, 0.1) is 5.82 Å². The average molecular weight is 527 g/mol. The van der Waals surface area contributed by atoms with Crippen LogP contribution in [0.15, 0.2) is 72.8 Å². The minimum Gasteiger partial charge on any atom is -0.486 e. The molecule has 3 aromatic rings. The third-order valence-corrected chi connectivity index (χ3v) is 5.26. The second kappa shape index (κ2) is 12.0. The van der Waals surface area contributed by atoms with Gasteiger partial charge in [0.05, 0.1) is 6.54 Å². The predicted octanol–water partition coefficient (Wildman–Crippen LogP) is 6.44. The van der Waals surface area contributed by atoms with E-state index in [1.165, 1.54) is 36.4 Å². The molecule has 1 unspecified atom stereocenters. The highest BCUT2D eigenvalue weighted by Gasteiger charge is 2.36. The summed E-state index contributed by atoms with van der Waals surface area (Å²) >= 11 is 0. The average Bonchev–Trinajstić information content (AvgIpc) is 2.83. The van der Waals surface area contributed by atoms with Crippen molar-refractivity contribution in [3.05, 3.63) is 95.3 Å². The van der Waals surface area contributed by atoms with E-state index in [-0.39, 0.29) is 12.3 Å². The number of aliphatic carboxylic acids is 1. The summed E-state index contributed by atoms with van der Waals surface area (Å²) in [5, 5.41) is 11.5. The molecule has 0 aliphatic rings. The quantitative estimate of drug-likeness (QED) is 0.210. The van der Waals surface area contributed by atoms with Crippen molar-refractivity contribution in [2.24, 2.45) is 0 Å². The van der Waals surface area contributed by atoms with Gasteiger partial charge in [0.25, 0.3) is 5.92 Å². The Hall–Kier alpha value is -3.73. The van der Waals surface area contributed by atoms with Crippen molar-refractivity contribution in [1.82, 2.24) is 5.32 Å². The van der Waals surface area contributed by atoms with Crippen molar-refractivity contribution in [2.75, 3.05) is 13.1 Å². The highest BCUT2D eigenvalue weighted by molar-refractivity contribution is 5.68. The first-order valence-electron chi connectivity index (χ1n) is 11.1. The molecule has 2 N–H and O–H groups in total. The molecule has 0 radical (unpaired) electrons. The van der Waals surface area contributed by atoms with Crippen molar-refractivity contribution in [3.8, 4) is 11.5 Å². The van der Waals surface area contributed by atoms with Gasteiger partial charge in [-0.2, -0.15) is 8.78 Å². The number of rotatable bonds is 12. The zero-order valence-corrected chi connectivity index (χ0v) is 19.3. The highest BCUT2D eigenvalue weighted by Crippen LogP contribution is 2.38. The summed E-state index contributed by atoms with van der Waals surface area (Å²) in [6.07, 6.45) is -4.65. The van der Waals surface area contributed by atoms with Gasteiger partial charge in [0.1, 0.15) is 23.4 Å². The van der Waals surface area contributed by atoms with E-state index in [1.54, 1.807) is 0 Å². The molecule has 0 heterocycles. The number of hydrogen-bond acceptors (Lipinski definition) is 4. The first-order chi connectivity index (χ1) is 17.4. The Morgan fingerprint density at radius 2 is 1.57 bits per heavy atom. The van der Waals surface area contributed by atoms with Crippen molar-refractivity contribution in [3.63, 3.8) is 0 Å². The van der Waals surface area contributed by atoms with Gasteiger partial charge >= 0.3 is 12.3 Å². The molecule has 3 rings (SSSR count). The standard InChI is InChI=1S/C26H23F6NO4/c27-20-10-6-17(7-11-20)23(5-2-14-33-16-24(34)35)36-21-12-8-18(9-13-21)25(28,29)19-3-1-4-22(15-19)37-26(30,31)32/h1,3-4,6-13,15,23,33H,2,5,14,16H2,(H,34,35). The number of benzene rings is 3. The monoisotopic (exact) mass is 527 g/mol. The first kappa shape index (κ1) is 27.9.